The van der Waals surface area contributed by atoms with Crippen molar-refractivity contribution >= 4 is 32.4 Å². The van der Waals surface area contributed by atoms with Crippen LogP contribution in [-0.2, 0) is 21.2 Å². The van der Waals surface area contributed by atoms with Crippen LogP contribution < -0.4 is 4.72 Å². The molecule has 38 heavy (non-hydrogen) atoms. The maximum absolute atomic E-state index is 13.1. The lowest BCUT2D eigenvalue weighted by atomic mass is 9.96. The first kappa shape index (κ1) is 26.1. The Morgan fingerprint density at radius 3 is 2.05 bits per heavy atom. The highest BCUT2D eigenvalue weighted by molar-refractivity contribution is 7.93. The lowest BCUT2D eigenvalue weighted by Gasteiger charge is -2.39. The molecular weight excluding hydrogens is 516 g/mol. The van der Waals surface area contributed by atoms with Gasteiger partial charge in [-0.15, -0.1) is 11.3 Å². The molecule has 0 bridgehead atoms. The number of hydrogen-bond donors (Lipinski definition) is 1. The number of carbonyl (C=O) groups is 1. The van der Waals surface area contributed by atoms with Gasteiger partial charge in [-0.05, 0) is 30.2 Å². The Morgan fingerprint density at radius 1 is 0.895 bits per heavy atom. The number of nitrogens with one attached hydrogen (secondary N) is 1. The van der Waals surface area contributed by atoms with E-state index >= 15 is 0 Å². The van der Waals surface area contributed by atoms with Crippen molar-refractivity contribution in [3.63, 3.8) is 0 Å². The van der Waals surface area contributed by atoms with E-state index in [1.807, 2.05) is 24.0 Å². The Hall–Kier alpha value is -3.53. The summed E-state index contributed by atoms with van der Waals surface area (Å²) in [7, 11) is -3.73. The fraction of sp³-hybridized carbons (Fsp3) is 0.241. The van der Waals surface area contributed by atoms with Crippen molar-refractivity contribution in [2.45, 2.75) is 24.3 Å². The van der Waals surface area contributed by atoms with Crippen LogP contribution in [-0.4, -0.2) is 55.3 Å². The Balaban J connectivity index is 1.20. The zero-order chi connectivity index (χ0) is 26.5. The number of amides is 1. The lowest BCUT2D eigenvalue weighted by molar-refractivity contribution is -0.132. The lowest BCUT2D eigenvalue weighted by Crippen LogP contribution is -2.50. The first-order valence-corrected chi connectivity index (χ1v) is 14.9. The second-order valence-electron chi connectivity index (χ2n) is 9.38. The molecule has 1 aromatic heterocycles. The predicted octanol–water partition coefficient (Wildman–Crippen LogP) is 4.73. The summed E-state index contributed by atoms with van der Waals surface area (Å²) in [5.74, 6) is -0.00105. The molecule has 1 saturated heterocycles. The molecule has 0 saturated carbocycles. The van der Waals surface area contributed by atoms with Gasteiger partial charge in [0.25, 0.3) is 10.0 Å². The number of piperazine rings is 1. The van der Waals surface area contributed by atoms with Crippen molar-refractivity contribution < 1.29 is 13.2 Å². The number of sulfonamides is 1. The average Bonchev–Trinajstić information content (AvgIpc) is 3.36. The molecule has 0 aliphatic carbocycles. The number of carbonyl (C=O) groups excluding carboxylic acids is 1. The van der Waals surface area contributed by atoms with E-state index in [0.717, 1.165) is 18.7 Å². The van der Waals surface area contributed by atoms with Crippen LogP contribution in [0.3, 0.4) is 0 Å². The SMILES string of the molecule is Cc1ccc(S(=O)(=O)Nc2nc(CC(=O)N3CCN(C(c4ccccc4)c4ccccc4)CC3)cs2)cc1. The van der Waals surface area contributed by atoms with Crippen molar-refractivity contribution in [2.24, 2.45) is 0 Å². The van der Waals surface area contributed by atoms with Crippen molar-refractivity contribution in [3.05, 3.63) is 113 Å². The highest BCUT2D eigenvalue weighted by atomic mass is 32.2. The van der Waals surface area contributed by atoms with Gasteiger partial charge in [0.15, 0.2) is 5.13 Å². The number of benzene rings is 3. The number of thiazole rings is 1. The first-order chi connectivity index (χ1) is 18.4. The molecule has 196 valence electrons. The van der Waals surface area contributed by atoms with Crippen LogP contribution in [0.1, 0.15) is 28.4 Å². The number of rotatable bonds is 8. The normalized spacial score (nSPS) is 14.5. The number of aryl methyl sites for hydroxylation is 1. The number of nitrogens with zero attached hydrogens (tertiary/aromatic N) is 3. The molecule has 0 radical (unpaired) electrons. The van der Waals surface area contributed by atoms with E-state index in [-0.39, 0.29) is 28.4 Å². The maximum Gasteiger partial charge on any atom is 0.263 e. The van der Waals surface area contributed by atoms with Gasteiger partial charge in [-0.2, -0.15) is 0 Å². The van der Waals surface area contributed by atoms with Crippen molar-refractivity contribution in [2.75, 3.05) is 30.9 Å². The molecule has 5 rings (SSSR count). The summed E-state index contributed by atoms with van der Waals surface area (Å²) in [5, 5.41) is 1.99. The van der Waals surface area contributed by atoms with E-state index in [2.05, 4.69) is 63.1 Å². The molecule has 9 heteroatoms. The smallest absolute Gasteiger partial charge is 0.263 e. The molecular formula is C29H30N4O3S2. The van der Waals surface area contributed by atoms with E-state index in [1.54, 1.807) is 29.6 Å². The summed E-state index contributed by atoms with van der Waals surface area (Å²) in [6.45, 7) is 4.69. The molecule has 1 amide bonds. The molecule has 0 unspecified atom stereocenters. The van der Waals surface area contributed by atoms with Crippen LogP contribution in [0.4, 0.5) is 5.13 Å². The summed E-state index contributed by atoms with van der Waals surface area (Å²) >= 11 is 1.18. The van der Waals surface area contributed by atoms with Gasteiger partial charge in [0.05, 0.1) is 23.1 Å². The summed E-state index contributed by atoms with van der Waals surface area (Å²) in [4.78, 5) is 21.9. The Bertz CT molecular complexity index is 1430. The molecule has 4 aromatic rings. The zero-order valence-corrected chi connectivity index (χ0v) is 22.8. The standard InChI is InChI=1S/C29H30N4O3S2/c1-22-12-14-26(15-13-22)38(35,36)31-29-30-25(21-37-29)20-27(34)32-16-18-33(19-17-32)28(23-8-4-2-5-9-23)24-10-6-3-7-11-24/h2-15,21,28H,16-20H2,1H3,(H,30,31). The first-order valence-electron chi connectivity index (χ1n) is 12.5. The molecule has 1 N–H and O–H groups in total. The highest BCUT2D eigenvalue weighted by Crippen LogP contribution is 2.29. The van der Waals surface area contributed by atoms with Crippen LogP contribution >= 0.6 is 11.3 Å². The van der Waals surface area contributed by atoms with Gasteiger partial charge in [0.2, 0.25) is 5.91 Å². The second kappa shape index (κ2) is 11.5. The number of hydrogen-bond acceptors (Lipinski definition) is 6. The van der Waals surface area contributed by atoms with E-state index in [0.29, 0.717) is 18.8 Å². The van der Waals surface area contributed by atoms with Crippen LogP contribution in [0, 0.1) is 6.92 Å². The van der Waals surface area contributed by atoms with Crippen LogP contribution in [0.5, 0.6) is 0 Å². The monoisotopic (exact) mass is 546 g/mol. The third kappa shape index (κ3) is 6.12. The van der Waals surface area contributed by atoms with Gasteiger partial charge in [0.1, 0.15) is 0 Å². The van der Waals surface area contributed by atoms with Gasteiger partial charge in [0, 0.05) is 31.6 Å². The van der Waals surface area contributed by atoms with Crippen molar-refractivity contribution in [1.82, 2.24) is 14.8 Å². The summed E-state index contributed by atoms with van der Waals surface area (Å²) < 4.78 is 27.8. The Kier molecular flexibility index (Phi) is 7.87. The summed E-state index contributed by atoms with van der Waals surface area (Å²) in [6, 6.07) is 27.7. The maximum atomic E-state index is 13.1. The third-order valence-corrected chi connectivity index (χ3v) is 8.99. The molecule has 1 fully saturated rings. The van der Waals surface area contributed by atoms with Crippen LogP contribution in [0.15, 0.2) is 95.2 Å². The van der Waals surface area contributed by atoms with E-state index < -0.39 is 10.0 Å². The minimum absolute atomic E-state index is 0.00105. The molecule has 0 atom stereocenters. The fourth-order valence-corrected chi connectivity index (χ4v) is 6.67. The molecule has 1 aliphatic heterocycles. The molecule has 7 nitrogen and oxygen atoms in total. The summed E-state index contributed by atoms with van der Waals surface area (Å²) in [6.07, 6.45) is 0.142. The van der Waals surface area contributed by atoms with Gasteiger partial charge >= 0.3 is 0 Å². The third-order valence-electron chi connectivity index (χ3n) is 6.70. The Morgan fingerprint density at radius 2 is 1.47 bits per heavy atom. The van der Waals surface area contributed by atoms with Gasteiger partial charge in [-0.3, -0.25) is 14.4 Å². The molecule has 3 aromatic carbocycles. The van der Waals surface area contributed by atoms with E-state index in [9.17, 15) is 13.2 Å². The quantitative estimate of drug-likeness (QED) is 0.346. The molecule has 2 heterocycles. The van der Waals surface area contributed by atoms with Gasteiger partial charge in [-0.25, -0.2) is 13.4 Å². The van der Waals surface area contributed by atoms with Crippen LogP contribution in [0.25, 0.3) is 0 Å². The second-order valence-corrected chi connectivity index (χ2v) is 11.9. The van der Waals surface area contributed by atoms with Crippen LogP contribution in [0.2, 0.25) is 0 Å². The minimum Gasteiger partial charge on any atom is -0.340 e. The average molecular weight is 547 g/mol. The minimum atomic E-state index is -3.73. The fourth-order valence-electron chi connectivity index (χ4n) is 4.71. The molecule has 0 spiro atoms. The number of anilines is 1. The van der Waals surface area contributed by atoms with Gasteiger partial charge in [-0.1, -0.05) is 78.4 Å². The van der Waals surface area contributed by atoms with E-state index in [4.69, 9.17) is 0 Å². The predicted molar refractivity (Wildman–Crippen MR) is 151 cm³/mol. The zero-order valence-electron chi connectivity index (χ0n) is 21.2. The van der Waals surface area contributed by atoms with Crippen molar-refractivity contribution in [3.8, 4) is 0 Å². The van der Waals surface area contributed by atoms with Crippen molar-refractivity contribution in [1.29, 1.82) is 0 Å². The molecule has 1 aliphatic rings. The largest absolute Gasteiger partial charge is 0.340 e. The van der Waals surface area contributed by atoms with Gasteiger partial charge < -0.3 is 4.90 Å². The Labute approximate surface area is 227 Å². The highest BCUT2D eigenvalue weighted by Gasteiger charge is 2.28. The topological polar surface area (TPSA) is 82.6 Å². The number of aromatic nitrogens is 1. The summed E-state index contributed by atoms with van der Waals surface area (Å²) in [5.41, 5.74) is 4.02. The van der Waals surface area contributed by atoms with E-state index in [1.165, 1.54) is 22.5 Å².